The van der Waals surface area contributed by atoms with Gasteiger partial charge in [-0.2, -0.15) is 0 Å². The highest BCUT2D eigenvalue weighted by atomic mass is 16.1. The lowest BCUT2D eigenvalue weighted by Gasteiger charge is -2.29. The van der Waals surface area contributed by atoms with Crippen LogP contribution in [0.3, 0.4) is 0 Å². The van der Waals surface area contributed by atoms with Crippen LogP contribution in [0.5, 0.6) is 0 Å². The third-order valence-electron chi connectivity index (χ3n) is 5.62. The molecule has 132 valence electrons. The molecule has 2 saturated heterocycles. The molecule has 1 aromatic rings. The van der Waals surface area contributed by atoms with Crippen molar-refractivity contribution >= 4 is 5.91 Å². The average molecular weight is 329 g/mol. The van der Waals surface area contributed by atoms with E-state index >= 15 is 0 Å². The van der Waals surface area contributed by atoms with E-state index in [0.717, 1.165) is 0 Å². The largest absolute Gasteiger partial charge is 0.354 e. The standard InChI is InChI=1S/C20H31N3O/c1-14-4-6-16(7-5-14)19(23(2)3)13-21-20(24)12-15-10-17-8-9-18(11-15)22-17/h4-7,15,17-19,22H,8-13H2,1-3H3,(H,21,24). The minimum atomic E-state index is 0.209. The second-order valence-corrected chi connectivity index (χ2v) is 7.87. The molecule has 1 aromatic carbocycles. The molecule has 0 spiro atoms. The molecule has 2 bridgehead atoms. The van der Waals surface area contributed by atoms with E-state index in [0.29, 0.717) is 31.0 Å². The zero-order valence-corrected chi connectivity index (χ0v) is 15.2. The summed E-state index contributed by atoms with van der Waals surface area (Å²) < 4.78 is 0. The number of hydrogen-bond donors (Lipinski definition) is 2. The topological polar surface area (TPSA) is 44.4 Å². The van der Waals surface area contributed by atoms with Crippen LogP contribution < -0.4 is 10.6 Å². The molecular weight excluding hydrogens is 298 g/mol. The van der Waals surface area contributed by atoms with Crippen molar-refractivity contribution in [2.45, 2.75) is 57.2 Å². The Morgan fingerprint density at radius 1 is 1.21 bits per heavy atom. The van der Waals surface area contributed by atoms with Crippen molar-refractivity contribution in [3.8, 4) is 0 Å². The number of fused-ring (bicyclic) bond motifs is 2. The monoisotopic (exact) mass is 329 g/mol. The summed E-state index contributed by atoms with van der Waals surface area (Å²) in [5, 5.41) is 6.82. The Bertz CT molecular complexity index is 543. The third kappa shape index (κ3) is 4.37. The van der Waals surface area contributed by atoms with E-state index < -0.39 is 0 Å². The lowest BCUT2D eigenvalue weighted by Crippen LogP contribution is -2.40. The Morgan fingerprint density at radius 3 is 2.42 bits per heavy atom. The second kappa shape index (κ2) is 7.66. The van der Waals surface area contributed by atoms with Gasteiger partial charge in [-0.1, -0.05) is 29.8 Å². The van der Waals surface area contributed by atoms with Gasteiger partial charge < -0.3 is 15.5 Å². The smallest absolute Gasteiger partial charge is 0.220 e. The normalized spacial score (nSPS) is 27.2. The first-order chi connectivity index (χ1) is 11.5. The molecule has 2 aliphatic rings. The highest BCUT2D eigenvalue weighted by Gasteiger charge is 2.34. The number of carbonyl (C=O) groups excluding carboxylic acids is 1. The second-order valence-electron chi connectivity index (χ2n) is 7.87. The molecule has 4 nitrogen and oxygen atoms in total. The van der Waals surface area contributed by atoms with E-state index in [2.05, 4.69) is 60.8 Å². The molecule has 2 fully saturated rings. The number of aryl methyl sites for hydroxylation is 1. The lowest BCUT2D eigenvalue weighted by molar-refractivity contribution is -0.122. The predicted octanol–water partition coefficient (Wildman–Crippen LogP) is 2.63. The van der Waals surface area contributed by atoms with Crippen LogP contribution in [0, 0.1) is 12.8 Å². The first-order valence-electron chi connectivity index (χ1n) is 9.27. The zero-order valence-electron chi connectivity index (χ0n) is 15.2. The van der Waals surface area contributed by atoms with Crippen LogP contribution in [0.1, 0.15) is 49.3 Å². The van der Waals surface area contributed by atoms with Crippen LogP contribution >= 0.6 is 0 Å². The molecule has 3 rings (SSSR count). The summed E-state index contributed by atoms with van der Waals surface area (Å²) >= 11 is 0. The molecule has 2 aliphatic heterocycles. The summed E-state index contributed by atoms with van der Waals surface area (Å²) in [5.74, 6) is 0.765. The van der Waals surface area contributed by atoms with Crippen LogP contribution in [0.15, 0.2) is 24.3 Å². The van der Waals surface area contributed by atoms with Crippen molar-refractivity contribution in [2.24, 2.45) is 5.92 Å². The number of likely N-dealkylation sites (N-methyl/N-ethyl adjacent to an activating group) is 1. The molecule has 0 aliphatic carbocycles. The minimum Gasteiger partial charge on any atom is -0.354 e. The first-order valence-corrected chi connectivity index (χ1v) is 9.27. The van der Waals surface area contributed by atoms with Gasteiger partial charge in [0, 0.05) is 25.0 Å². The van der Waals surface area contributed by atoms with E-state index in [1.165, 1.54) is 36.8 Å². The Kier molecular flexibility index (Phi) is 5.57. The van der Waals surface area contributed by atoms with Gasteiger partial charge in [-0.05, 0) is 58.2 Å². The van der Waals surface area contributed by atoms with Gasteiger partial charge in [0.05, 0.1) is 6.04 Å². The van der Waals surface area contributed by atoms with Gasteiger partial charge in [0.2, 0.25) is 5.91 Å². The fourth-order valence-electron chi connectivity index (χ4n) is 4.27. The molecule has 0 aromatic heterocycles. The average Bonchev–Trinajstić information content (AvgIpc) is 2.87. The summed E-state index contributed by atoms with van der Waals surface area (Å²) in [6.07, 6.45) is 5.60. The number of rotatable bonds is 6. The van der Waals surface area contributed by atoms with Gasteiger partial charge in [-0.3, -0.25) is 4.79 Å². The maximum absolute atomic E-state index is 12.4. The highest BCUT2D eigenvalue weighted by molar-refractivity contribution is 5.76. The predicted molar refractivity (Wildman–Crippen MR) is 97.9 cm³/mol. The molecule has 2 heterocycles. The first kappa shape index (κ1) is 17.4. The van der Waals surface area contributed by atoms with Crippen molar-refractivity contribution in [3.05, 3.63) is 35.4 Å². The van der Waals surface area contributed by atoms with Crippen LogP contribution in [0.4, 0.5) is 0 Å². The van der Waals surface area contributed by atoms with Crippen LogP contribution in [0.2, 0.25) is 0 Å². The fraction of sp³-hybridized carbons (Fsp3) is 0.650. The number of amides is 1. The van der Waals surface area contributed by atoms with Crippen molar-refractivity contribution in [3.63, 3.8) is 0 Å². The lowest BCUT2D eigenvalue weighted by atomic mass is 9.89. The number of nitrogens with zero attached hydrogens (tertiary/aromatic N) is 1. The Labute approximate surface area is 146 Å². The molecule has 2 N–H and O–H groups in total. The SMILES string of the molecule is Cc1ccc(C(CNC(=O)CC2CC3CCC(C2)N3)N(C)C)cc1. The number of benzene rings is 1. The number of hydrogen-bond acceptors (Lipinski definition) is 3. The summed E-state index contributed by atoms with van der Waals surface area (Å²) in [6.45, 7) is 2.77. The highest BCUT2D eigenvalue weighted by Crippen LogP contribution is 2.32. The van der Waals surface area contributed by atoms with Crippen LogP contribution in [-0.4, -0.2) is 43.5 Å². The van der Waals surface area contributed by atoms with Gasteiger partial charge in [0.1, 0.15) is 0 Å². The van der Waals surface area contributed by atoms with Crippen LogP contribution in [-0.2, 0) is 4.79 Å². The maximum Gasteiger partial charge on any atom is 0.220 e. The third-order valence-corrected chi connectivity index (χ3v) is 5.62. The van der Waals surface area contributed by atoms with Gasteiger partial charge in [0.25, 0.3) is 0 Å². The molecule has 0 radical (unpaired) electrons. The van der Waals surface area contributed by atoms with Crippen molar-refractivity contribution < 1.29 is 4.79 Å². The molecule has 1 amide bonds. The minimum absolute atomic E-state index is 0.209. The van der Waals surface area contributed by atoms with E-state index in [1.54, 1.807) is 0 Å². The molecule has 24 heavy (non-hydrogen) atoms. The molecular formula is C20H31N3O. The van der Waals surface area contributed by atoms with Crippen LogP contribution in [0.25, 0.3) is 0 Å². The van der Waals surface area contributed by atoms with E-state index in [-0.39, 0.29) is 11.9 Å². The van der Waals surface area contributed by atoms with Crippen molar-refractivity contribution in [1.29, 1.82) is 0 Å². The van der Waals surface area contributed by atoms with Gasteiger partial charge in [0.15, 0.2) is 0 Å². The zero-order chi connectivity index (χ0) is 17.1. The molecule has 0 saturated carbocycles. The number of piperidine rings is 1. The van der Waals surface area contributed by atoms with E-state index in [1.807, 2.05) is 0 Å². The van der Waals surface area contributed by atoms with E-state index in [4.69, 9.17) is 0 Å². The van der Waals surface area contributed by atoms with Crippen molar-refractivity contribution in [2.75, 3.05) is 20.6 Å². The van der Waals surface area contributed by atoms with Gasteiger partial charge in [-0.25, -0.2) is 0 Å². The van der Waals surface area contributed by atoms with Gasteiger partial charge >= 0.3 is 0 Å². The Balaban J connectivity index is 1.51. The number of carbonyl (C=O) groups is 1. The summed E-state index contributed by atoms with van der Waals surface area (Å²) in [6, 6.07) is 10.1. The molecule has 3 atom stereocenters. The maximum atomic E-state index is 12.4. The molecule has 3 unspecified atom stereocenters. The van der Waals surface area contributed by atoms with Gasteiger partial charge in [-0.15, -0.1) is 0 Å². The Morgan fingerprint density at radius 2 is 1.83 bits per heavy atom. The summed E-state index contributed by atoms with van der Waals surface area (Å²) in [7, 11) is 4.14. The summed E-state index contributed by atoms with van der Waals surface area (Å²) in [5.41, 5.74) is 2.52. The summed E-state index contributed by atoms with van der Waals surface area (Å²) in [4.78, 5) is 14.6. The molecule has 4 heteroatoms. The van der Waals surface area contributed by atoms with E-state index in [9.17, 15) is 4.79 Å². The quantitative estimate of drug-likeness (QED) is 0.843. The number of nitrogens with one attached hydrogen (secondary N) is 2. The Hall–Kier alpha value is -1.39. The fourth-order valence-corrected chi connectivity index (χ4v) is 4.27. The van der Waals surface area contributed by atoms with Crippen molar-refractivity contribution in [1.82, 2.24) is 15.5 Å².